The molecule has 1 atom stereocenters. The topological polar surface area (TPSA) is 60.0 Å². The van der Waals surface area contributed by atoms with E-state index in [1.54, 1.807) is 14.2 Å². The lowest BCUT2D eigenvalue weighted by Crippen LogP contribution is -2.37. The number of nitrogens with zero attached hydrogens (tertiary/aromatic N) is 1. The number of hydrogen-bond donors (Lipinski definition) is 1. The maximum absolute atomic E-state index is 12.2. The van der Waals surface area contributed by atoms with Gasteiger partial charge in [0.15, 0.2) is 11.5 Å². The molecule has 1 rings (SSSR count). The molecule has 6 nitrogen and oxygen atoms in total. The molecule has 1 unspecified atom stereocenters. The molecule has 0 fully saturated rings. The van der Waals surface area contributed by atoms with E-state index in [2.05, 4.69) is 5.32 Å². The van der Waals surface area contributed by atoms with Gasteiger partial charge in [-0.25, -0.2) is 0 Å². The molecule has 1 aromatic rings. The zero-order chi connectivity index (χ0) is 18.8. The average molecular weight is 352 g/mol. The average Bonchev–Trinajstić information content (AvgIpc) is 2.54. The number of methoxy groups -OCH3 is 2. The first kappa shape index (κ1) is 21.3. The first-order chi connectivity index (χ1) is 11.9. The van der Waals surface area contributed by atoms with Gasteiger partial charge >= 0.3 is 0 Å². The van der Waals surface area contributed by atoms with Crippen molar-refractivity contribution in [3.05, 3.63) is 23.8 Å². The fraction of sp³-hybridized carbons (Fsp3) is 0.632. The van der Waals surface area contributed by atoms with Gasteiger partial charge in [-0.1, -0.05) is 6.07 Å². The molecular weight excluding hydrogens is 320 g/mol. The lowest BCUT2D eigenvalue weighted by atomic mass is 10.1. The minimum atomic E-state index is -0.109. The number of hydrogen-bond acceptors (Lipinski definition) is 5. The predicted octanol–water partition coefficient (Wildman–Crippen LogP) is 2.63. The highest BCUT2D eigenvalue weighted by Crippen LogP contribution is 2.31. The van der Waals surface area contributed by atoms with Gasteiger partial charge in [-0.3, -0.25) is 9.69 Å². The molecule has 142 valence electrons. The van der Waals surface area contributed by atoms with Crippen LogP contribution in [0.3, 0.4) is 0 Å². The second kappa shape index (κ2) is 10.9. The molecule has 1 aromatic carbocycles. The minimum Gasteiger partial charge on any atom is -0.493 e. The van der Waals surface area contributed by atoms with Crippen LogP contribution in [0.1, 0.15) is 38.8 Å². The molecule has 0 heterocycles. The molecule has 0 saturated heterocycles. The van der Waals surface area contributed by atoms with E-state index < -0.39 is 0 Å². The van der Waals surface area contributed by atoms with Crippen molar-refractivity contribution >= 4 is 5.91 Å². The molecule has 0 bridgehead atoms. The third-order valence-electron chi connectivity index (χ3n) is 3.73. The quantitative estimate of drug-likeness (QED) is 0.621. The fourth-order valence-electron chi connectivity index (χ4n) is 2.48. The highest BCUT2D eigenvalue weighted by molar-refractivity contribution is 5.78. The van der Waals surface area contributed by atoms with E-state index in [1.807, 2.05) is 50.9 Å². The molecule has 6 heteroatoms. The monoisotopic (exact) mass is 352 g/mol. The van der Waals surface area contributed by atoms with Gasteiger partial charge < -0.3 is 19.5 Å². The van der Waals surface area contributed by atoms with Crippen LogP contribution in [-0.4, -0.2) is 57.9 Å². The number of amides is 1. The summed E-state index contributed by atoms with van der Waals surface area (Å²) in [6, 6.07) is 5.63. The van der Waals surface area contributed by atoms with Crippen molar-refractivity contribution < 1.29 is 19.0 Å². The molecule has 0 aromatic heterocycles. The van der Waals surface area contributed by atoms with Crippen LogP contribution in [0.15, 0.2) is 18.2 Å². The third kappa shape index (κ3) is 7.75. The number of ether oxygens (including phenoxy) is 3. The Kier molecular flexibility index (Phi) is 9.31. The van der Waals surface area contributed by atoms with Gasteiger partial charge in [-0.05, 0) is 51.9 Å². The summed E-state index contributed by atoms with van der Waals surface area (Å²) in [6.45, 7) is 7.79. The van der Waals surface area contributed by atoms with Crippen LogP contribution in [0.5, 0.6) is 11.5 Å². The van der Waals surface area contributed by atoms with Crippen LogP contribution in [0.2, 0.25) is 0 Å². The van der Waals surface area contributed by atoms with Gasteiger partial charge in [-0.2, -0.15) is 0 Å². The molecule has 0 aliphatic carbocycles. The Bertz CT molecular complexity index is 534. The van der Waals surface area contributed by atoms with Crippen LogP contribution in [-0.2, 0) is 9.53 Å². The van der Waals surface area contributed by atoms with Crippen molar-refractivity contribution in [3.8, 4) is 11.5 Å². The predicted molar refractivity (Wildman–Crippen MR) is 99.3 cm³/mol. The lowest BCUT2D eigenvalue weighted by Gasteiger charge is -2.20. The Morgan fingerprint density at radius 2 is 1.92 bits per heavy atom. The second-order valence-electron chi connectivity index (χ2n) is 6.45. The van der Waals surface area contributed by atoms with Crippen molar-refractivity contribution in [2.75, 3.05) is 41.0 Å². The van der Waals surface area contributed by atoms with E-state index in [1.165, 1.54) is 0 Å². The maximum Gasteiger partial charge on any atom is 0.234 e. The fourth-order valence-corrected chi connectivity index (χ4v) is 2.48. The van der Waals surface area contributed by atoms with Crippen LogP contribution in [0, 0.1) is 0 Å². The van der Waals surface area contributed by atoms with E-state index in [0.717, 1.165) is 18.5 Å². The van der Waals surface area contributed by atoms with Crippen molar-refractivity contribution in [2.24, 2.45) is 0 Å². The Morgan fingerprint density at radius 1 is 1.20 bits per heavy atom. The summed E-state index contributed by atoms with van der Waals surface area (Å²) in [5.41, 5.74) is 0.975. The van der Waals surface area contributed by atoms with Crippen molar-refractivity contribution in [2.45, 2.75) is 39.3 Å². The van der Waals surface area contributed by atoms with Crippen LogP contribution >= 0.6 is 0 Å². The molecule has 1 amide bonds. The summed E-state index contributed by atoms with van der Waals surface area (Å²) in [6.07, 6.45) is 0.982. The standard InChI is InChI=1S/C19H32N2O4/c1-14(2)25-17-9-8-16(12-18(17)24-6)15(3)20-19(22)13-21(4)10-7-11-23-5/h8-9,12,14-15H,7,10-11,13H2,1-6H3,(H,20,22). The van der Waals surface area contributed by atoms with Crippen molar-refractivity contribution in [1.29, 1.82) is 0 Å². The SMILES string of the molecule is COCCCN(C)CC(=O)NC(C)c1ccc(OC(C)C)c(OC)c1. The van der Waals surface area contributed by atoms with E-state index in [9.17, 15) is 4.79 Å². The zero-order valence-corrected chi connectivity index (χ0v) is 16.3. The number of carbonyl (C=O) groups is 1. The summed E-state index contributed by atoms with van der Waals surface area (Å²) < 4.78 is 16.2. The normalized spacial score (nSPS) is 12.3. The van der Waals surface area contributed by atoms with Crippen LogP contribution in [0.4, 0.5) is 0 Å². The minimum absolute atomic E-state index is 0.00566. The molecular formula is C19H32N2O4. The lowest BCUT2D eigenvalue weighted by molar-refractivity contribution is -0.122. The highest BCUT2D eigenvalue weighted by Gasteiger charge is 2.14. The summed E-state index contributed by atoms with van der Waals surface area (Å²) in [5.74, 6) is 1.37. The summed E-state index contributed by atoms with van der Waals surface area (Å²) in [7, 11) is 5.23. The molecule has 0 spiro atoms. The highest BCUT2D eigenvalue weighted by atomic mass is 16.5. The van der Waals surface area contributed by atoms with Gasteiger partial charge in [0.1, 0.15) is 0 Å². The molecule has 0 aliphatic rings. The molecule has 25 heavy (non-hydrogen) atoms. The van der Waals surface area contributed by atoms with E-state index >= 15 is 0 Å². The van der Waals surface area contributed by atoms with Crippen molar-refractivity contribution in [3.63, 3.8) is 0 Å². The first-order valence-electron chi connectivity index (χ1n) is 8.68. The zero-order valence-electron chi connectivity index (χ0n) is 16.3. The number of rotatable bonds is 11. The molecule has 0 saturated carbocycles. The Balaban J connectivity index is 2.61. The maximum atomic E-state index is 12.2. The van der Waals surface area contributed by atoms with Crippen LogP contribution in [0.25, 0.3) is 0 Å². The number of benzene rings is 1. The number of likely N-dealkylation sites (N-methyl/N-ethyl adjacent to an activating group) is 1. The van der Waals surface area contributed by atoms with Gasteiger partial charge in [0, 0.05) is 20.3 Å². The Labute approximate surface area is 151 Å². The molecule has 0 aliphatic heterocycles. The van der Waals surface area contributed by atoms with Crippen molar-refractivity contribution in [1.82, 2.24) is 10.2 Å². The van der Waals surface area contributed by atoms with E-state index in [4.69, 9.17) is 14.2 Å². The smallest absolute Gasteiger partial charge is 0.234 e. The van der Waals surface area contributed by atoms with Crippen LogP contribution < -0.4 is 14.8 Å². The number of carbonyl (C=O) groups excluding carboxylic acids is 1. The van der Waals surface area contributed by atoms with E-state index in [0.29, 0.717) is 24.7 Å². The molecule has 1 N–H and O–H groups in total. The Morgan fingerprint density at radius 3 is 2.52 bits per heavy atom. The second-order valence-corrected chi connectivity index (χ2v) is 6.45. The van der Waals surface area contributed by atoms with Gasteiger partial charge in [0.25, 0.3) is 0 Å². The Hall–Kier alpha value is -1.79. The third-order valence-corrected chi connectivity index (χ3v) is 3.73. The van der Waals surface area contributed by atoms with E-state index in [-0.39, 0.29) is 18.1 Å². The number of nitrogens with one attached hydrogen (secondary N) is 1. The summed E-state index contributed by atoms with van der Waals surface area (Å²) in [5, 5.41) is 3.02. The molecule has 0 radical (unpaired) electrons. The summed E-state index contributed by atoms with van der Waals surface area (Å²) in [4.78, 5) is 14.2. The largest absolute Gasteiger partial charge is 0.493 e. The van der Waals surface area contributed by atoms with Gasteiger partial charge in [0.05, 0.1) is 25.8 Å². The summed E-state index contributed by atoms with van der Waals surface area (Å²) >= 11 is 0. The first-order valence-corrected chi connectivity index (χ1v) is 8.68. The van der Waals surface area contributed by atoms with Gasteiger partial charge in [0.2, 0.25) is 5.91 Å². The van der Waals surface area contributed by atoms with Gasteiger partial charge in [-0.15, -0.1) is 0 Å².